The molecule has 3 aliphatic heterocycles. The molecule has 0 spiro atoms. The topological polar surface area (TPSA) is 42.5 Å². The van der Waals surface area contributed by atoms with Crippen molar-refractivity contribution < 1.29 is 9.47 Å². The molecule has 3 saturated heterocycles. The van der Waals surface area contributed by atoms with Gasteiger partial charge in [0.1, 0.15) is 6.23 Å². The highest BCUT2D eigenvalue weighted by Crippen LogP contribution is 2.26. The lowest BCUT2D eigenvalue weighted by Crippen LogP contribution is -2.47. The maximum absolute atomic E-state index is 6.07. The van der Waals surface area contributed by atoms with Gasteiger partial charge in [0.15, 0.2) is 0 Å². The van der Waals surface area contributed by atoms with Gasteiger partial charge < -0.3 is 14.8 Å². The second kappa shape index (κ2) is 8.09. The number of hydrogen-bond acceptors (Lipinski definition) is 4. The molecule has 3 fully saturated rings. The smallest absolute Gasteiger partial charge is 0.110 e. The van der Waals surface area contributed by atoms with Crippen LogP contribution in [0.15, 0.2) is 0 Å². The molecular formula is C18H34N2O2. The number of rotatable bonds is 4. The normalized spacial score (nSPS) is 43.9. The Kier molecular flexibility index (Phi) is 6.14. The van der Waals surface area contributed by atoms with Crippen molar-refractivity contribution in [1.82, 2.24) is 10.6 Å². The standard InChI is InChI=1S/C18H34N2O2/c1-13-3-6-17(21-11-13)8-18-20-10-16(12-22-18)7-15-5-4-14(2)19-9-15/h13-20H,3-12H2,1-2H3. The van der Waals surface area contributed by atoms with E-state index in [1.54, 1.807) is 0 Å². The van der Waals surface area contributed by atoms with Crippen LogP contribution < -0.4 is 10.6 Å². The van der Waals surface area contributed by atoms with Crippen LogP contribution in [0, 0.1) is 17.8 Å². The molecule has 0 aromatic rings. The third-order valence-electron chi connectivity index (χ3n) is 5.67. The first-order valence-corrected chi connectivity index (χ1v) is 9.39. The van der Waals surface area contributed by atoms with Crippen molar-refractivity contribution in [3.63, 3.8) is 0 Å². The summed E-state index contributed by atoms with van der Waals surface area (Å²) in [6.07, 6.45) is 8.12. The van der Waals surface area contributed by atoms with Gasteiger partial charge in [0.2, 0.25) is 0 Å². The summed E-state index contributed by atoms with van der Waals surface area (Å²) in [5.41, 5.74) is 0. The van der Waals surface area contributed by atoms with E-state index >= 15 is 0 Å². The number of hydrogen-bond donors (Lipinski definition) is 2. The van der Waals surface area contributed by atoms with Gasteiger partial charge in [0, 0.05) is 25.6 Å². The molecule has 0 aromatic carbocycles. The summed E-state index contributed by atoms with van der Waals surface area (Å²) < 4.78 is 12.0. The predicted octanol–water partition coefficient (Wildman–Crippen LogP) is 2.53. The zero-order valence-electron chi connectivity index (χ0n) is 14.4. The fraction of sp³-hybridized carbons (Fsp3) is 1.00. The lowest BCUT2D eigenvalue weighted by Gasteiger charge is -2.36. The summed E-state index contributed by atoms with van der Waals surface area (Å²) in [5.74, 6) is 2.25. The average Bonchev–Trinajstić information content (AvgIpc) is 2.54. The number of ether oxygens (including phenoxy) is 2. The molecule has 0 aromatic heterocycles. The Morgan fingerprint density at radius 1 is 0.818 bits per heavy atom. The van der Waals surface area contributed by atoms with Crippen LogP contribution in [0.3, 0.4) is 0 Å². The second-order valence-corrected chi connectivity index (χ2v) is 7.96. The summed E-state index contributed by atoms with van der Waals surface area (Å²) in [5, 5.41) is 7.21. The van der Waals surface area contributed by atoms with Crippen LogP contribution in [0.5, 0.6) is 0 Å². The van der Waals surface area contributed by atoms with Crippen molar-refractivity contribution in [3.05, 3.63) is 0 Å². The third kappa shape index (κ3) is 4.92. The molecule has 3 rings (SSSR count). The van der Waals surface area contributed by atoms with Gasteiger partial charge >= 0.3 is 0 Å². The highest BCUT2D eigenvalue weighted by atomic mass is 16.5. The Bertz CT molecular complexity index is 283. The minimum absolute atomic E-state index is 0.208. The highest BCUT2D eigenvalue weighted by Gasteiger charge is 2.28. The Hall–Kier alpha value is -0.160. The molecule has 3 heterocycles. The van der Waals surface area contributed by atoms with Gasteiger partial charge in [0.05, 0.1) is 12.7 Å². The molecule has 0 aliphatic carbocycles. The average molecular weight is 310 g/mol. The molecule has 0 saturated carbocycles. The van der Waals surface area contributed by atoms with E-state index in [1.807, 2.05) is 0 Å². The maximum atomic E-state index is 6.07. The number of piperidine rings is 1. The zero-order chi connectivity index (χ0) is 15.4. The fourth-order valence-electron chi connectivity index (χ4n) is 4.06. The molecule has 6 atom stereocenters. The molecule has 0 amide bonds. The summed E-state index contributed by atoms with van der Waals surface area (Å²) >= 11 is 0. The summed E-state index contributed by atoms with van der Waals surface area (Å²) in [7, 11) is 0. The van der Waals surface area contributed by atoms with Crippen molar-refractivity contribution >= 4 is 0 Å². The third-order valence-corrected chi connectivity index (χ3v) is 5.67. The van der Waals surface area contributed by atoms with Gasteiger partial charge in [-0.2, -0.15) is 0 Å². The van der Waals surface area contributed by atoms with Crippen LogP contribution in [0.25, 0.3) is 0 Å². The van der Waals surface area contributed by atoms with E-state index in [9.17, 15) is 0 Å². The van der Waals surface area contributed by atoms with Crippen LogP contribution in [0.1, 0.15) is 52.4 Å². The molecule has 4 heteroatoms. The Balaban J connectivity index is 1.32. The van der Waals surface area contributed by atoms with Crippen molar-refractivity contribution in [2.24, 2.45) is 17.8 Å². The van der Waals surface area contributed by atoms with Gasteiger partial charge in [-0.25, -0.2) is 0 Å². The first-order valence-electron chi connectivity index (χ1n) is 9.39. The SMILES string of the molecule is CC1CCC(CC2NCC(CC3CCC(C)NC3)CO2)OC1. The highest BCUT2D eigenvalue weighted by molar-refractivity contribution is 4.80. The molecule has 128 valence electrons. The Labute approximate surface area is 135 Å². The van der Waals surface area contributed by atoms with E-state index in [1.165, 1.54) is 38.6 Å². The maximum Gasteiger partial charge on any atom is 0.110 e. The summed E-state index contributed by atoms with van der Waals surface area (Å²) in [4.78, 5) is 0. The quantitative estimate of drug-likeness (QED) is 0.837. The van der Waals surface area contributed by atoms with Gasteiger partial charge in [-0.05, 0) is 63.3 Å². The van der Waals surface area contributed by atoms with Crippen LogP contribution in [0.2, 0.25) is 0 Å². The van der Waals surface area contributed by atoms with Gasteiger partial charge in [-0.3, -0.25) is 5.32 Å². The van der Waals surface area contributed by atoms with E-state index in [2.05, 4.69) is 24.5 Å². The number of nitrogens with one attached hydrogen (secondary N) is 2. The first-order chi connectivity index (χ1) is 10.7. The molecule has 22 heavy (non-hydrogen) atoms. The van der Waals surface area contributed by atoms with Gasteiger partial charge in [-0.1, -0.05) is 6.92 Å². The van der Waals surface area contributed by atoms with Crippen LogP contribution in [0.4, 0.5) is 0 Å². The van der Waals surface area contributed by atoms with E-state index in [0.717, 1.165) is 38.0 Å². The first kappa shape index (κ1) is 16.7. The fourth-order valence-corrected chi connectivity index (χ4v) is 4.06. The largest absolute Gasteiger partial charge is 0.378 e. The van der Waals surface area contributed by atoms with Gasteiger partial charge in [-0.15, -0.1) is 0 Å². The summed E-state index contributed by atoms with van der Waals surface area (Å²) in [6, 6.07) is 0.708. The van der Waals surface area contributed by atoms with Crippen LogP contribution in [-0.2, 0) is 9.47 Å². The van der Waals surface area contributed by atoms with E-state index < -0.39 is 0 Å². The molecule has 6 unspecified atom stereocenters. The second-order valence-electron chi connectivity index (χ2n) is 7.96. The lowest BCUT2D eigenvalue weighted by molar-refractivity contribution is -0.0848. The molecule has 3 aliphatic rings. The van der Waals surface area contributed by atoms with Crippen molar-refractivity contribution in [1.29, 1.82) is 0 Å². The van der Waals surface area contributed by atoms with Crippen LogP contribution >= 0.6 is 0 Å². The van der Waals surface area contributed by atoms with Crippen LogP contribution in [-0.4, -0.2) is 44.7 Å². The lowest BCUT2D eigenvalue weighted by atomic mass is 9.87. The van der Waals surface area contributed by atoms with Crippen molar-refractivity contribution in [2.45, 2.75) is 70.7 Å². The molecule has 4 nitrogen and oxygen atoms in total. The van der Waals surface area contributed by atoms with E-state index in [4.69, 9.17) is 9.47 Å². The Morgan fingerprint density at radius 3 is 2.32 bits per heavy atom. The van der Waals surface area contributed by atoms with Crippen molar-refractivity contribution in [3.8, 4) is 0 Å². The van der Waals surface area contributed by atoms with E-state index in [0.29, 0.717) is 18.1 Å². The summed E-state index contributed by atoms with van der Waals surface area (Å²) in [6.45, 7) is 8.71. The van der Waals surface area contributed by atoms with E-state index in [-0.39, 0.29) is 6.23 Å². The minimum Gasteiger partial charge on any atom is -0.378 e. The molecule has 0 bridgehead atoms. The monoisotopic (exact) mass is 310 g/mol. The predicted molar refractivity (Wildman–Crippen MR) is 88.8 cm³/mol. The molecule has 0 radical (unpaired) electrons. The van der Waals surface area contributed by atoms with Crippen molar-refractivity contribution in [2.75, 3.05) is 26.3 Å². The minimum atomic E-state index is 0.208. The van der Waals surface area contributed by atoms with Gasteiger partial charge in [0.25, 0.3) is 0 Å². The molecule has 2 N–H and O–H groups in total. The zero-order valence-corrected chi connectivity index (χ0v) is 14.4. The Morgan fingerprint density at radius 2 is 1.68 bits per heavy atom. The molecular weight excluding hydrogens is 276 g/mol.